The van der Waals surface area contributed by atoms with Gasteiger partial charge in [0.2, 0.25) is 15.9 Å². The highest BCUT2D eigenvalue weighted by atomic mass is 32.2. The predicted molar refractivity (Wildman–Crippen MR) is 127 cm³/mol. The summed E-state index contributed by atoms with van der Waals surface area (Å²) in [5, 5.41) is 4.90. The summed E-state index contributed by atoms with van der Waals surface area (Å²) in [6.45, 7) is 1.87. The molecule has 0 radical (unpaired) electrons. The molecule has 1 aliphatic rings. The summed E-state index contributed by atoms with van der Waals surface area (Å²) < 4.78 is 41.5. The van der Waals surface area contributed by atoms with Crippen LogP contribution < -0.4 is 10.0 Å². The molecule has 0 bridgehead atoms. The number of halogens is 1. The number of hydrogen-bond donors (Lipinski definition) is 2. The van der Waals surface area contributed by atoms with Crippen molar-refractivity contribution in [2.75, 3.05) is 0 Å². The molecule has 1 aliphatic carbocycles. The molecule has 1 atom stereocenters. The molecule has 4 rings (SSSR count). The Morgan fingerprint density at radius 3 is 2.33 bits per heavy atom. The summed E-state index contributed by atoms with van der Waals surface area (Å²) in [5.41, 5.74) is 4.27. The molecule has 1 heterocycles. The number of amides is 1. The van der Waals surface area contributed by atoms with Gasteiger partial charge in [0.1, 0.15) is 5.82 Å². The first-order chi connectivity index (χ1) is 15.8. The number of rotatable bonds is 7. The Morgan fingerprint density at radius 1 is 1.06 bits per heavy atom. The minimum absolute atomic E-state index is 0.0502. The van der Waals surface area contributed by atoms with Gasteiger partial charge in [0.25, 0.3) is 0 Å². The van der Waals surface area contributed by atoms with Gasteiger partial charge in [-0.1, -0.05) is 24.3 Å². The van der Waals surface area contributed by atoms with E-state index in [9.17, 15) is 17.6 Å². The Hall–Kier alpha value is -2.62. The van der Waals surface area contributed by atoms with Crippen LogP contribution in [0.25, 0.3) is 11.3 Å². The molecule has 1 fully saturated rings. The maximum absolute atomic E-state index is 13.1. The molecule has 0 aliphatic heterocycles. The Balaban J connectivity index is 1.29. The molecule has 1 saturated carbocycles. The zero-order chi connectivity index (χ0) is 23.4. The van der Waals surface area contributed by atoms with Crippen molar-refractivity contribution in [1.82, 2.24) is 15.0 Å². The zero-order valence-corrected chi connectivity index (χ0v) is 19.8. The van der Waals surface area contributed by atoms with Crippen LogP contribution in [0.2, 0.25) is 0 Å². The van der Waals surface area contributed by atoms with E-state index in [-0.39, 0.29) is 34.6 Å². The minimum Gasteiger partial charge on any atom is -0.349 e. The highest BCUT2D eigenvalue weighted by molar-refractivity contribution is 7.89. The number of nitrogens with one attached hydrogen (secondary N) is 2. The maximum atomic E-state index is 13.1. The summed E-state index contributed by atoms with van der Waals surface area (Å²) in [5.74, 6) is -0.523. The number of hydrogen-bond acceptors (Lipinski definition) is 5. The lowest BCUT2D eigenvalue weighted by Crippen LogP contribution is -2.41. The van der Waals surface area contributed by atoms with Gasteiger partial charge in [0.05, 0.1) is 22.1 Å². The Labute approximate surface area is 197 Å². The molecule has 6 nitrogen and oxygen atoms in total. The highest BCUT2D eigenvalue weighted by Crippen LogP contribution is 2.27. The topological polar surface area (TPSA) is 88.2 Å². The zero-order valence-electron chi connectivity index (χ0n) is 18.2. The van der Waals surface area contributed by atoms with Gasteiger partial charge in [0.15, 0.2) is 0 Å². The van der Waals surface area contributed by atoms with Crippen LogP contribution in [0.3, 0.4) is 0 Å². The molecule has 2 N–H and O–H groups in total. The highest BCUT2D eigenvalue weighted by Gasteiger charge is 2.29. The number of aromatic nitrogens is 1. The average molecular weight is 488 g/mol. The Kier molecular flexibility index (Phi) is 7.21. The van der Waals surface area contributed by atoms with Crippen molar-refractivity contribution in [2.24, 2.45) is 5.92 Å². The number of benzene rings is 2. The second-order valence-electron chi connectivity index (χ2n) is 8.35. The average Bonchev–Trinajstić information content (AvgIpc) is 3.35. The van der Waals surface area contributed by atoms with E-state index in [2.05, 4.69) is 15.0 Å². The van der Waals surface area contributed by atoms with Crippen molar-refractivity contribution < 1.29 is 17.6 Å². The van der Waals surface area contributed by atoms with Crippen molar-refractivity contribution >= 4 is 27.3 Å². The van der Waals surface area contributed by atoms with Crippen LogP contribution in [0.15, 0.2) is 64.3 Å². The van der Waals surface area contributed by atoms with Crippen LogP contribution >= 0.6 is 11.3 Å². The predicted octanol–water partition coefficient (Wildman–Crippen LogP) is 4.66. The number of carbonyl (C=O) groups excluding carboxylic acids is 1. The molecule has 0 unspecified atom stereocenters. The number of carbonyl (C=O) groups is 1. The first-order valence-electron chi connectivity index (χ1n) is 10.9. The standard InChI is InChI=1S/C24H26FN3O3S2/c1-16(17-2-8-20(25)9-3-17)27-24(29)19-4-10-21(11-5-19)28-33(30,31)22-12-6-18(7-13-22)23-14-32-15-26-23/h2-3,6-9,12-16,19,21,28H,4-5,10-11H2,1H3,(H,27,29)/t16-,19-,21-/m1/s1. The minimum atomic E-state index is -3.64. The fraction of sp³-hybridized carbons (Fsp3) is 0.333. The van der Waals surface area contributed by atoms with Gasteiger partial charge in [-0.05, 0) is 62.4 Å². The summed E-state index contributed by atoms with van der Waals surface area (Å²) in [7, 11) is -3.64. The molecule has 1 amide bonds. The van der Waals surface area contributed by atoms with E-state index in [1.54, 1.807) is 41.9 Å². The molecule has 1 aromatic heterocycles. The van der Waals surface area contributed by atoms with Crippen LogP contribution in [0.4, 0.5) is 4.39 Å². The Bertz CT molecular complexity index is 1170. The molecular weight excluding hydrogens is 461 g/mol. The van der Waals surface area contributed by atoms with E-state index in [4.69, 9.17) is 0 Å². The third-order valence-electron chi connectivity index (χ3n) is 6.04. The van der Waals surface area contributed by atoms with Crippen LogP contribution in [-0.4, -0.2) is 25.4 Å². The lowest BCUT2D eigenvalue weighted by molar-refractivity contribution is -0.126. The maximum Gasteiger partial charge on any atom is 0.240 e. The number of sulfonamides is 1. The lowest BCUT2D eigenvalue weighted by atomic mass is 9.85. The van der Waals surface area contributed by atoms with Gasteiger partial charge in [-0.2, -0.15) is 0 Å². The van der Waals surface area contributed by atoms with Crippen molar-refractivity contribution in [3.63, 3.8) is 0 Å². The molecule has 2 aromatic carbocycles. The molecule has 0 saturated heterocycles. The van der Waals surface area contributed by atoms with Crippen LogP contribution in [-0.2, 0) is 14.8 Å². The molecule has 33 heavy (non-hydrogen) atoms. The lowest BCUT2D eigenvalue weighted by Gasteiger charge is -2.29. The van der Waals surface area contributed by atoms with Gasteiger partial charge in [0, 0.05) is 22.9 Å². The fourth-order valence-corrected chi connectivity index (χ4v) is 5.95. The van der Waals surface area contributed by atoms with Gasteiger partial charge < -0.3 is 5.32 Å². The van der Waals surface area contributed by atoms with E-state index >= 15 is 0 Å². The smallest absolute Gasteiger partial charge is 0.240 e. The van der Waals surface area contributed by atoms with Gasteiger partial charge >= 0.3 is 0 Å². The summed E-state index contributed by atoms with van der Waals surface area (Å²) in [6.07, 6.45) is 2.41. The van der Waals surface area contributed by atoms with Crippen molar-refractivity contribution in [3.8, 4) is 11.3 Å². The van der Waals surface area contributed by atoms with E-state index in [1.807, 2.05) is 12.3 Å². The largest absolute Gasteiger partial charge is 0.349 e. The van der Waals surface area contributed by atoms with Crippen molar-refractivity contribution in [2.45, 2.75) is 49.6 Å². The van der Waals surface area contributed by atoms with Crippen LogP contribution in [0.1, 0.15) is 44.2 Å². The van der Waals surface area contributed by atoms with E-state index in [1.165, 1.54) is 23.5 Å². The first-order valence-corrected chi connectivity index (χ1v) is 13.3. The van der Waals surface area contributed by atoms with Crippen molar-refractivity contribution in [1.29, 1.82) is 0 Å². The van der Waals surface area contributed by atoms with E-state index < -0.39 is 10.0 Å². The summed E-state index contributed by atoms with van der Waals surface area (Å²) in [6, 6.07) is 12.3. The second kappa shape index (κ2) is 10.1. The van der Waals surface area contributed by atoms with E-state index in [0.29, 0.717) is 25.7 Å². The Morgan fingerprint density at radius 2 is 1.73 bits per heavy atom. The number of nitrogens with zero attached hydrogens (tertiary/aromatic N) is 1. The third-order valence-corrected chi connectivity index (χ3v) is 8.16. The molecule has 0 spiro atoms. The monoisotopic (exact) mass is 487 g/mol. The molecule has 3 aromatic rings. The van der Waals surface area contributed by atoms with Crippen molar-refractivity contribution in [3.05, 3.63) is 70.8 Å². The normalized spacial score (nSPS) is 19.7. The van der Waals surface area contributed by atoms with Gasteiger partial charge in [-0.25, -0.2) is 22.5 Å². The SMILES string of the molecule is C[C@@H](NC(=O)[C@H]1CC[C@H](NS(=O)(=O)c2ccc(-c3cscn3)cc2)CC1)c1ccc(F)cc1. The van der Waals surface area contributed by atoms with Gasteiger partial charge in [-0.15, -0.1) is 11.3 Å². The van der Waals surface area contributed by atoms with Gasteiger partial charge in [-0.3, -0.25) is 4.79 Å². The van der Waals surface area contributed by atoms with Crippen LogP contribution in [0.5, 0.6) is 0 Å². The quantitative estimate of drug-likeness (QED) is 0.507. The fourth-order valence-electron chi connectivity index (χ4n) is 4.09. The molecular formula is C24H26FN3O3S2. The van der Waals surface area contributed by atoms with E-state index in [0.717, 1.165) is 16.8 Å². The molecule has 9 heteroatoms. The first kappa shape index (κ1) is 23.5. The molecule has 174 valence electrons. The second-order valence-corrected chi connectivity index (χ2v) is 10.8. The summed E-state index contributed by atoms with van der Waals surface area (Å²) >= 11 is 1.49. The third kappa shape index (κ3) is 5.85. The number of thiazole rings is 1. The summed E-state index contributed by atoms with van der Waals surface area (Å²) in [4.78, 5) is 17.1. The van der Waals surface area contributed by atoms with Crippen LogP contribution in [0, 0.1) is 11.7 Å².